The second-order valence-electron chi connectivity index (χ2n) is 14.9. The second kappa shape index (κ2) is 13.2. The lowest BCUT2D eigenvalue weighted by Crippen LogP contribution is -2.39. The lowest BCUT2D eigenvalue weighted by Gasteiger charge is -2.31. The summed E-state index contributed by atoms with van der Waals surface area (Å²) in [6.45, 7) is 12.2. The fraction of sp³-hybridized carbons (Fsp3) is 0.400. The molecular formula is C40H47N3O6S3. The number of benzene rings is 4. The maximum Gasteiger partial charge on any atom is 0.264 e. The summed E-state index contributed by atoms with van der Waals surface area (Å²) in [4.78, 5) is 0.417. The van der Waals surface area contributed by atoms with Crippen molar-refractivity contribution >= 4 is 47.1 Å². The largest absolute Gasteiger partial charge is 0.265 e. The van der Waals surface area contributed by atoms with Crippen LogP contribution in [0.2, 0.25) is 0 Å². The number of fused-ring (bicyclic) bond motifs is 6. The Morgan fingerprint density at radius 2 is 1.00 bits per heavy atom. The van der Waals surface area contributed by atoms with Crippen molar-refractivity contribution in [2.24, 2.45) is 5.92 Å². The van der Waals surface area contributed by atoms with Crippen LogP contribution in [-0.4, -0.2) is 44.4 Å². The van der Waals surface area contributed by atoms with Crippen molar-refractivity contribution < 1.29 is 25.3 Å². The molecule has 0 saturated heterocycles. The first kappa shape index (κ1) is 36.5. The average molecular weight is 762 g/mol. The SMILES string of the molecule is CCCC1C(CC(C)C)c2c3c(c4c(c2N1S(=O)(=O)c1ccc(C)cc1)CCN4S(=O)(=O)c1ccc(C)cc1)CCN3S(=O)(=O)c1ccc(C)cc1. The molecule has 2 unspecified atom stereocenters. The minimum atomic E-state index is -4.17. The smallest absolute Gasteiger partial charge is 0.264 e. The topological polar surface area (TPSA) is 112 Å². The fourth-order valence-electron chi connectivity index (χ4n) is 8.35. The van der Waals surface area contributed by atoms with Gasteiger partial charge < -0.3 is 0 Å². The lowest BCUT2D eigenvalue weighted by atomic mass is 9.83. The van der Waals surface area contributed by atoms with Crippen LogP contribution in [0.1, 0.15) is 79.3 Å². The van der Waals surface area contributed by atoms with Crippen LogP contribution in [0, 0.1) is 26.7 Å². The van der Waals surface area contributed by atoms with E-state index in [1.165, 1.54) is 8.61 Å². The Kier molecular flexibility index (Phi) is 9.27. The van der Waals surface area contributed by atoms with Gasteiger partial charge in [-0.1, -0.05) is 80.3 Å². The number of hydrogen-bond acceptors (Lipinski definition) is 6. The molecule has 12 heteroatoms. The van der Waals surface area contributed by atoms with Gasteiger partial charge in [-0.15, -0.1) is 0 Å². The number of anilines is 3. The summed E-state index contributed by atoms with van der Waals surface area (Å²) in [5, 5.41) is 0. The molecule has 2 atom stereocenters. The first-order chi connectivity index (χ1) is 24.6. The molecule has 0 spiro atoms. The van der Waals surface area contributed by atoms with E-state index in [-0.39, 0.29) is 39.6 Å². The van der Waals surface area contributed by atoms with E-state index < -0.39 is 36.1 Å². The Morgan fingerprint density at radius 1 is 0.596 bits per heavy atom. The predicted molar refractivity (Wildman–Crippen MR) is 207 cm³/mol. The van der Waals surface area contributed by atoms with Gasteiger partial charge in [-0.3, -0.25) is 12.9 Å². The van der Waals surface area contributed by atoms with E-state index in [9.17, 15) is 16.8 Å². The Labute approximate surface area is 309 Å². The van der Waals surface area contributed by atoms with E-state index in [0.717, 1.165) is 16.7 Å². The van der Waals surface area contributed by atoms with Crippen molar-refractivity contribution in [1.82, 2.24) is 0 Å². The highest BCUT2D eigenvalue weighted by Crippen LogP contribution is 2.60. The van der Waals surface area contributed by atoms with Crippen LogP contribution in [-0.2, 0) is 42.9 Å². The molecule has 52 heavy (non-hydrogen) atoms. The average Bonchev–Trinajstić information content (AvgIpc) is 3.81. The van der Waals surface area contributed by atoms with E-state index in [1.54, 1.807) is 77.1 Å². The Balaban J connectivity index is 1.56. The third-order valence-corrected chi connectivity index (χ3v) is 16.2. The Morgan fingerprint density at radius 3 is 1.42 bits per heavy atom. The number of nitrogens with zero attached hydrogens (tertiary/aromatic N) is 3. The Hall–Kier alpha value is -3.87. The summed E-state index contributed by atoms with van der Waals surface area (Å²) in [5.74, 6) is -0.143. The quantitative estimate of drug-likeness (QED) is 0.164. The summed E-state index contributed by atoms with van der Waals surface area (Å²) in [6, 6.07) is 19.8. The van der Waals surface area contributed by atoms with E-state index in [4.69, 9.17) is 0 Å². The van der Waals surface area contributed by atoms with Gasteiger partial charge in [-0.05, 0) is 88.8 Å². The highest BCUT2D eigenvalue weighted by atomic mass is 32.2. The van der Waals surface area contributed by atoms with Gasteiger partial charge in [0.15, 0.2) is 0 Å². The summed E-state index contributed by atoms with van der Waals surface area (Å²) in [6.07, 6.45) is 2.49. The molecule has 4 aromatic carbocycles. The van der Waals surface area contributed by atoms with Crippen molar-refractivity contribution in [2.75, 3.05) is 26.0 Å². The maximum atomic E-state index is 15.1. The molecule has 3 aliphatic heterocycles. The molecule has 0 bridgehead atoms. The van der Waals surface area contributed by atoms with Crippen LogP contribution in [0.15, 0.2) is 87.5 Å². The van der Waals surface area contributed by atoms with Crippen molar-refractivity contribution in [3.63, 3.8) is 0 Å². The van der Waals surface area contributed by atoms with E-state index in [0.29, 0.717) is 65.9 Å². The van der Waals surface area contributed by atoms with Crippen LogP contribution >= 0.6 is 0 Å². The molecule has 0 aliphatic carbocycles. The molecule has 0 amide bonds. The molecule has 3 aliphatic rings. The first-order valence-electron chi connectivity index (χ1n) is 18.1. The standard InChI is InChI=1S/C40H47N3O6S3/c1-7-8-36-35(25-26(2)3)37-39-33(21-24-42(39)51(46,47)31-17-11-28(5)12-18-31)38-34(22-23-41(38)50(44,45)30-15-9-27(4)10-16-30)40(37)43(36)52(48,49)32-19-13-29(6)14-20-32/h9-20,26,35-36H,7-8,21-25H2,1-6H3. The molecule has 0 saturated carbocycles. The van der Waals surface area contributed by atoms with Crippen molar-refractivity contribution in [2.45, 2.75) is 100 Å². The van der Waals surface area contributed by atoms with Gasteiger partial charge in [0.2, 0.25) is 0 Å². The van der Waals surface area contributed by atoms with Crippen LogP contribution in [0.5, 0.6) is 0 Å². The van der Waals surface area contributed by atoms with Crippen molar-refractivity contribution in [3.05, 3.63) is 106 Å². The van der Waals surface area contributed by atoms with Crippen molar-refractivity contribution in [3.8, 4) is 0 Å². The summed E-state index contributed by atoms with van der Waals surface area (Å²) in [5.41, 5.74) is 6.09. The van der Waals surface area contributed by atoms with Gasteiger partial charge in [0, 0.05) is 35.7 Å². The second-order valence-corrected chi connectivity index (χ2v) is 20.4. The van der Waals surface area contributed by atoms with Gasteiger partial charge in [0.05, 0.1) is 37.8 Å². The third-order valence-electron chi connectivity index (χ3n) is 10.7. The summed E-state index contributed by atoms with van der Waals surface area (Å²) in [7, 11) is -12.4. The first-order valence-corrected chi connectivity index (χ1v) is 22.4. The monoisotopic (exact) mass is 761 g/mol. The van der Waals surface area contributed by atoms with Crippen LogP contribution < -0.4 is 12.9 Å². The number of sulfonamides is 3. The molecule has 276 valence electrons. The van der Waals surface area contributed by atoms with Crippen LogP contribution in [0.3, 0.4) is 0 Å². The van der Waals surface area contributed by atoms with Crippen LogP contribution in [0.4, 0.5) is 17.1 Å². The number of hydrogen-bond donors (Lipinski definition) is 0. The van der Waals surface area contributed by atoms with E-state index in [1.807, 2.05) is 27.7 Å². The lowest BCUT2D eigenvalue weighted by molar-refractivity contribution is 0.433. The third kappa shape index (κ3) is 5.81. The van der Waals surface area contributed by atoms with Crippen molar-refractivity contribution in [1.29, 1.82) is 0 Å². The number of rotatable bonds is 10. The zero-order chi connectivity index (χ0) is 37.3. The maximum absolute atomic E-state index is 15.1. The fourth-order valence-corrected chi connectivity index (χ4v) is 13.2. The minimum Gasteiger partial charge on any atom is -0.265 e. The highest BCUT2D eigenvalue weighted by molar-refractivity contribution is 7.93. The molecule has 7 rings (SSSR count). The highest BCUT2D eigenvalue weighted by Gasteiger charge is 2.53. The summed E-state index contributed by atoms with van der Waals surface area (Å²) < 4.78 is 92.8. The molecule has 0 N–H and O–H groups in total. The summed E-state index contributed by atoms with van der Waals surface area (Å²) >= 11 is 0. The van der Waals surface area contributed by atoms with Gasteiger partial charge in [-0.2, -0.15) is 0 Å². The van der Waals surface area contributed by atoms with Gasteiger partial charge in [0.1, 0.15) is 0 Å². The zero-order valence-corrected chi connectivity index (χ0v) is 33.1. The molecule has 0 fully saturated rings. The van der Waals surface area contributed by atoms with E-state index >= 15 is 8.42 Å². The molecule has 0 aromatic heterocycles. The normalized spacial score (nSPS) is 18.6. The predicted octanol–water partition coefficient (Wildman–Crippen LogP) is 7.62. The van der Waals surface area contributed by atoms with Gasteiger partial charge >= 0.3 is 0 Å². The molecular weight excluding hydrogens is 715 g/mol. The zero-order valence-electron chi connectivity index (χ0n) is 30.6. The minimum absolute atomic E-state index is 0.115. The Bertz CT molecular complexity index is 2360. The van der Waals surface area contributed by atoms with Gasteiger partial charge in [-0.25, -0.2) is 25.3 Å². The van der Waals surface area contributed by atoms with Crippen LogP contribution in [0.25, 0.3) is 0 Å². The molecule has 0 radical (unpaired) electrons. The van der Waals surface area contributed by atoms with Gasteiger partial charge in [0.25, 0.3) is 30.1 Å². The molecule has 4 aromatic rings. The number of aryl methyl sites for hydroxylation is 3. The molecule has 3 heterocycles. The molecule has 9 nitrogen and oxygen atoms in total. The van der Waals surface area contributed by atoms with E-state index in [2.05, 4.69) is 13.8 Å².